The second-order valence-electron chi connectivity index (χ2n) is 8.18. The van der Waals surface area contributed by atoms with E-state index in [1.807, 2.05) is 6.07 Å². The standard InChI is InChI=1S/C21H31N3O.HI/c1-3-22-19(24-14-13-20(16-24)9-6-10-20)23-15-21(11-12-21)17-7-4-5-8-18(17)25-2;/h4-5,7-8H,3,6,9-16H2,1-2H3,(H,22,23);1H. The first-order valence-electron chi connectivity index (χ1n) is 9.87. The number of guanidine groups is 1. The summed E-state index contributed by atoms with van der Waals surface area (Å²) >= 11 is 0. The molecule has 1 aromatic carbocycles. The Kier molecular flexibility index (Phi) is 6.04. The van der Waals surface area contributed by atoms with E-state index < -0.39 is 0 Å². The molecule has 1 aromatic rings. The summed E-state index contributed by atoms with van der Waals surface area (Å²) in [7, 11) is 1.77. The van der Waals surface area contributed by atoms with Crippen LogP contribution in [0.3, 0.4) is 0 Å². The van der Waals surface area contributed by atoms with Gasteiger partial charge in [0.15, 0.2) is 5.96 Å². The van der Waals surface area contributed by atoms with Gasteiger partial charge in [-0.25, -0.2) is 0 Å². The molecule has 144 valence electrons. The van der Waals surface area contributed by atoms with Gasteiger partial charge < -0.3 is 15.0 Å². The number of hydrogen-bond acceptors (Lipinski definition) is 2. The van der Waals surface area contributed by atoms with E-state index >= 15 is 0 Å². The maximum atomic E-state index is 5.60. The molecule has 0 amide bonds. The topological polar surface area (TPSA) is 36.9 Å². The van der Waals surface area contributed by atoms with Gasteiger partial charge in [0.1, 0.15) is 5.75 Å². The van der Waals surface area contributed by atoms with Crippen LogP contribution in [0, 0.1) is 5.41 Å². The van der Waals surface area contributed by atoms with Crippen molar-refractivity contribution < 1.29 is 4.74 Å². The average molecular weight is 469 g/mol. The molecule has 5 heteroatoms. The quantitative estimate of drug-likeness (QED) is 0.399. The summed E-state index contributed by atoms with van der Waals surface area (Å²) in [4.78, 5) is 7.58. The molecule has 4 rings (SSSR count). The minimum absolute atomic E-state index is 0. The third-order valence-electron chi connectivity index (χ3n) is 6.55. The summed E-state index contributed by atoms with van der Waals surface area (Å²) in [5, 5.41) is 3.54. The lowest BCUT2D eigenvalue weighted by atomic mass is 9.68. The van der Waals surface area contributed by atoms with Crippen LogP contribution in [-0.4, -0.2) is 44.1 Å². The van der Waals surface area contributed by atoms with E-state index in [0.29, 0.717) is 5.41 Å². The van der Waals surface area contributed by atoms with Crippen molar-refractivity contribution in [2.24, 2.45) is 10.4 Å². The van der Waals surface area contributed by atoms with E-state index in [9.17, 15) is 0 Å². The molecule has 4 nitrogen and oxygen atoms in total. The fourth-order valence-electron chi connectivity index (χ4n) is 4.60. The van der Waals surface area contributed by atoms with Crippen LogP contribution in [-0.2, 0) is 5.41 Å². The van der Waals surface area contributed by atoms with Crippen molar-refractivity contribution >= 4 is 29.9 Å². The second-order valence-corrected chi connectivity index (χ2v) is 8.18. The second kappa shape index (κ2) is 7.95. The molecule has 2 aliphatic carbocycles. The fourth-order valence-corrected chi connectivity index (χ4v) is 4.60. The van der Waals surface area contributed by atoms with E-state index in [1.165, 1.54) is 50.6 Å². The molecule has 1 saturated heterocycles. The zero-order chi connectivity index (χ0) is 17.3. The summed E-state index contributed by atoms with van der Waals surface area (Å²) in [5.74, 6) is 2.13. The van der Waals surface area contributed by atoms with E-state index in [0.717, 1.165) is 31.3 Å². The number of aliphatic imine (C=N–C) groups is 1. The summed E-state index contributed by atoms with van der Waals surface area (Å²) < 4.78 is 5.60. The van der Waals surface area contributed by atoms with Crippen molar-refractivity contribution in [3.8, 4) is 5.75 Å². The molecule has 2 saturated carbocycles. The van der Waals surface area contributed by atoms with Gasteiger partial charge in [-0.05, 0) is 50.5 Å². The van der Waals surface area contributed by atoms with Crippen LogP contribution in [0.5, 0.6) is 5.75 Å². The molecule has 0 radical (unpaired) electrons. The van der Waals surface area contributed by atoms with Gasteiger partial charge in [-0.2, -0.15) is 0 Å². The number of methoxy groups -OCH3 is 1. The van der Waals surface area contributed by atoms with Crippen molar-refractivity contribution in [1.82, 2.24) is 10.2 Å². The van der Waals surface area contributed by atoms with Crippen molar-refractivity contribution in [1.29, 1.82) is 0 Å². The summed E-state index contributed by atoms with van der Waals surface area (Å²) in [6, 6.07) is 8.46. The Labute approximate surface area is 174 Å². The summed E-state index contributed by atoms with van der Waals surface area (Å²) in [6.07, 6.45) is 8.00. The average Bonchev–Trinajstić information content (AvgIpc) is 3.26. The van der Waals surface area contributed by atoms with Gasteiger partial charge >= 0.3 is 0 Å². The Balaban J connectivity index is 0.00000196. The maximum Gasteiger partial charge on any atom is 0.193 e. The van der Waals surface area contributed by atoms with Crippen molar-refractivity contribution in [2.75, 3.05) is 33.3 Å². The van der Waals surface area contributed by atoms with Crippen molar-refractivity contribution in [3.63, 3.8) is 0 Å². The minimum atomic E-state index is 0. The van der Waals surface area contributed by atoms with E-state index in [-0.39, 0.29) is 29.4 Å². The number of nitrogens with zero attached hydrogens (tertiary/aromatic N) is 2. The molecule has 0 bridgehead atoms. The Bertz CT molecular complexity index is 652. The van der Waals surface area contributed by atoms with Gasteiger partial charge in [0.2, 0.25) is 0 Å². The molecule has 26 heavy (non-hydrogen) atoms. The number of benzene rings is 1. The Morgan fingerprint density at radius 3 is 2.54 bits per heavy atom. The highest BCUT2D eigenvalue weighted by Gasteiger charge is 2.47. The van der Waals surface area contributed by atoms with Crippen molar-refractivity contribution in [2.45, 2.75) is 50.9 Å². The zero-order valence-electron chi connectivity index (χ0n) is 16.1. The highest BCUT2D eigenvalue weighted by Crippen LogP contribution is 2.52. The van der Waals surface area contributed by atoms with Crippen LogP contribution < -0.4 is 10.1 Å². The minimum Gasteiger partial charge on any atom is -0.496 e. The Morgan fingerprint density at radius 2 is 1.96 bits per heavy atom. The molecule has 3 aliphatic rings. The van der Waals surface area contributed by atoms with Crippen LogP contribution in [0.25, 0.3) is 0 Å². The first-order valence-corrected chi connectivity index (χ1v) is 9.87. The van der Waals surface area contributed by atoms with E-state index in [4.69, 9.17) is 9.73 Å². The molecule has 1 heterocycles. The smallest absolute Gasteiger partial charge is 0.193 e. The predicted octanol–water partition coefficient (Wildman–Crippen LogP) is 4.19. The number of ether oxygens (including phenoxy) is 1. The molecule has 0 unspecified atom stereocenters. The van der Waals surface area contributed by atoms with E-state index in [2.05, 4.69) is 35.3 Å². The highest BCUT2D eigenvalue weighted by atomic mass is 127. The monoisotopic (exact) mass is 469 g/mol. The van der Waals surface area contributed by atoms with Gasteiger partial charge in [-0.1, -0.05) is 24.6 Å². The van der Waals surface area contributed by atoms with Crippen LogP contribution in [0.2, 0.25) is 0 Å². The predicted molar refractivity (Wildman–Crippen MR) is 118 cm³/mol. The van der Waals surface area contributed by atoms with Crippen LogP contribution in [0.15, 0.2) is 29.3 Å². The first-order chi connectivity index (χ1) is 12.2. The van der Waals surface area contributed by atoms with Gasteiger partial charge in [0.05, 0.1) is 13.7 Å². The summed E-state index contributed by atoms with van der Waals surface area (Å²) in [6.45, 7) is 6.31. The van der Waals surface area contributed by atoms with E-state index in [1.54, 1.807) is 7.11 Å². The summed E-state index contributed by atoms with van der Waals surface area (Å²) in [5.41, 5.74) is 2.12. The highest BCUT2D eigenvalue weighted by molar-refractivity contribution is 14.0. The van der Waals surface area contributed by atoms with Gasteiger partial charge in [-0.15, -0.1) is 24.0 Å². The Hall–Kier alpha value is -0.980. The molecule has 3 fully saturated rings. The molecule has 1 spiro atoms. The largest absolute Gasteiger partial charge is 0.496 e. The fraction of sp³-hybridized carbons (Fsp3) is 0.667. The molecule has 1 aliphatic heterocycles. The van der Waals surface area contributed by atoms with Crippen LogP contribution in [0.1, 0.15) is 51.0 Å². The number of nitrogens with one attached hydrogen (secondary N) is 1. The number of likely N-dealkylation sites (tertiary alicyclic amines) is 1. The van der Waals surface area contributed by atoms with Crippen LogP contribution >= 0.6 is 24.0 Å². The third-order valence-corrected chi connectivity index (χ3v) is 6.55. The third kappa shape index (κ3) is 3.69. The number of hydrogen-bond donors (Lipinski definition) is 1. The number of para-hydroxylation sites is 1. The molecule has 0 atom stereocenters. The lowest BCUT2D eigenvalue weighted by Gasteiger charge is -2.38. The maximum absolute atomic E-state index is 5.60. The molecular formula is C21H32IN3O. The number of rotatable bonds is 5. The molecule has 0 aromatic heterocycles. The molecule has 1 N–H and O–H groups in total. The zero-order valence-corrected chi connectivity index (χ0v) is 18.4. The number of halogens is 1. The van der Waals surface area contributed by atoms with Crippen LogP contribution in [0.4, 0.5) is 0 Å². The SMILES string of the molecule is CCNC(=NCC1(c2ccccc2OC)CC1)N1CCC2(CCC2)C1.I. The lowest BCUT2D eigenvalue weighted by molar-refractivity contribution is 0.151. The van der Waals surface area contributed by atoms with Crippen molar-refractivity contribution in [3.05, 3.63) is 29.8 Å². The molecular weight excluding hydrogens is 437 g/mol. The van der Waals surface area contributed by atoms with Gasteiger partial charge in [-0.3, -0.25) is 4.99 Å². The van der Waals surface area contributed by atoms with Gasteiger partial charge in [0, 0.05) is 30.6 Å². The van der Waals surface area contributed by atoms with Gasteiger partial charge in [0.25, 0.3) is 0 Å². The normalized spacial score (nSPS) is 22.5. The lowest BCUT2D eigenvalue weighted by Crippen LogP contribution is -2.43. The Morgan fingerprint density at radius 1 is 1.19 bits per heavy atom. The first kappa shape index (κ1) is 19.8.